The van der Waals surface area contributed by atoms with Crippen LogP contribution in [0.1, 0.15) is 33.1 Å². The number of carbonyl (C=O) groups excluding carboxylic acids is 1. The van der Waals surface area contributed by atoms with Gasteiger partial charge in [0.1, 0.15) is 6.54 Å². The van der Waals surface area contributed by atoms with Crippen LogP contribution in [0.15, 0.2) is 0 Å². The Morgan fingerprint density at radius 3 is 2.47 bits per heavy atom. The molecule has 1 N–H and O–H groups in total. The van der Waals surface area contributed by atoms with E-state index in [1.807, 2.05) is 0 Å². The van der Waals surface area contributed by atoms with E-state index in [0.717, 1.165) is 0 Å². The number of carboxylic acid groups (broad SMARTS) is 1. The monoisotopic (exact) mass is 219 g/mol. The van der Waals surface area contributed by atoms with E-state index in [9.17, 15) is 14.0 Å². The lowest BCUT2D eigenvalue weighted by Gasteiger charge is -2.18. The number of hydrogen-bond donors (Lipinski definition) is 1. The number of likely N-dealkylation sites (N-methyl/N-ethyl adjacent to an activating group) is 1. The highest BCUT2D eigenvalue weighted by molar-refractivity contribution is 5.81. The van der Waals surface area contributed by atoms with E-state index in [4.69, 9.17) is 5.11 Å². The third-order valence-corrected chi connectivity index (χ3v) is 2.05. The lowest BCUT2D eigenvalue weighted by Crippen LogP contribution is -2.35. The number of aliphatic carboxylic acids is 1. The maximum atomic E-state index is 12.4. The highest BCUT2D eigenvalue weighted by Gasteiger charge is 2.14. The summed E-state index contributed by atoms with van der Waals surface area (Å²) in [6.07, 6.45) is 0.116. The lowest BCUT2D eigenvalue weighted by atomic mass is 10.2. The first-order chi connectivity index (χ1) is 6.97. The molecule has 1 atom stereocenters. The molecule has 0 aromatic carbocycles. The molecule has 0 aromatic heterocycles. The molecule has 0 aromatic rings. The largest absolute Gasteiger partial charge is 0.480 e. The standard InChI is InChI=1S/C10H18FNO3/c1-3-12(7-10(14)15)9(13)6-4-5-8(2)11/h8H,3-7H2,1-2H3,(H,14,15). The molecule has 0 saturated carbocycles. The third-order valence-electron chi connectivity index (χ3n) is 2.05. The molecule has 0 aliphatic heterocycles. The van der Waals surface area contributed by atoms with Crippen LogP contribution in [-0.4, -0.2) is 41.1 Å². The molecule has 0 rings (SSSR count). The fourth-order valence-corrected chi connectivity index (χ4v) is 1.23. The number of carboxylic acids is 1. The number of alkyl halides is 1. The van der Waals surface area contributed by atoms with Gasteiger partial charge in [0.25, 0.3) is 0 Å². The van der Waals surface area contributed by atoms with Crippen molar-refractivity contribution in [2.45, 2.75) is 39.3 Å². The van der Waals surface area contributed by atoms with Gasteiger partial charge in [-0.2, -0.15) is 0 Å². The molecule has 1 unspecified atom stereocenters. The zero-order chi connectivity index (χ0) is 11.8. The van der Waals surface area contributed by atoms with Crippen molar-refractivity contribution in [3.05, 3.63) is 0 Å². The average Bonchev–Trinajstić information content (AvgIpc) is 2.13. The summed E-state index contributed by atoms with van der Waals surface area (Å²) in [6, 6.07) is 0. The highest BCUT2D eigenvalue weighted by atomic mass is 19.1. The topological polar surface area (TPSA) is 57.6 Å². The molecule has 0 spiro atoms. The summed E-state index contributed by atoms with van der Waals surface area (Å²) in [6.45, 7) is 3.26. The van der Waals surface area contributed by atoms with E-state index in [0.29, 0.717) is 19.4 Å². The number of rotatable bonds is 7. The summed E-state index contributed by atoms with van der Waals surface area (Å²) in [5.41, 5.74) is 0. The first-order valence-electron chi connectivity index (χ1n) is 5.11. The van der Waals surface area contributed by atoms with Gasteiger partial charge in [-0.3, -0.25) is 9.59 Å². The summed E-state index contributed by atoms with van der Waals surface area (Å²) < 4.78 is 12.4. The van der Waals surface area contributed by atoms with Crippen molar-refractivity contribution in [2.24, 2.45) is 0 Å². The summed E-state index contributed by atoms with van der Waals surface area (Å²) >= 11 is 0. The van der Waals surface area contributed by atoms with Gasteiger partial charge in [-0.25, -0.2) is 4.39 Å². The molecule has 0 saturated heterocycles. The number of carbonyl (C=O) groups is 2. The van der Waals surface area contributed by atoms with Crippen molar-refractivity contribution in [1.82, 2.24) is 4.90 Å². The van der Waals surface area contributed by atoms with Gasteiger partial charge in [0, 0.05) is 13.0 Å². The fraction of sp³-hybridized carbons (Fsp3) is 0.800. The Balaban J connectivity index is 3.88. The van der Waals surface area contributed by atoms with Crippen molar-refractivity contribution in [3.63, 3.8) is 0 Å². The SMILES string of the molecule is CCN(CC(=O)O)C(=O)CCCC(C)F. The van der Waals surface area contributed by atoms with Crippen LogP contribution in [0, 0.1) is 0 Å². The van der Waals surface area contributed by atoms with Gasteiger partial charge >= 0.3 is 5.97 Å². The molecule has 0 aliphatic carbocycles. The Morgan fingerprint density at radius 2 is 2.07 bits per heavy atom. The molecule has 0 fully saturated rings. The smallest absolute Gasteiger partial charge is 0.323 e. The van der Waals surface area contributed by atoms with Crippen molar-refractivity contribution < 1.29 is 19.1 Å². The number of amides is 1. The number of halogens is 1. The second-order valence-electron chi connectivity index (χ2n) is 3.47. The van der Waals surface area contributed by atoms with Gasteiger partial charge in [-0.05, 0) is 26.7 Å². The van der Waals surface area contributed by atoms with E-state index in [2.05, 4.69) is 0 Å². The van der Waals surface area contributed by atoms with E-state index < -0.39 is 12.1 Å². The Bertz CT molecular complexity index is 219. The Labute approximate surface area is 89.1 Å². The van der Waals surface area contributed by atoms with Gasteiger partial charge in [0.05, 0.1) is 6.17 Å². The van der Waals surface area contributed by atoms with Crippen LogP contribution in [0.4, 0.5) is 4.39 Å². The molecule has 0 bridgehead atoms. The van der Waals surface area contributed by atoms with Crippen molar-refractivity contribution >= 4 is 11.9 Å². The zero-order valence-electron chi connectivity index (χ0n) is 9.20. The van der Waals surface area contributed by atoms with Crippen LogP contribution in [0.3, 0.4) is 0 Å². The Kier molecular flexibility index (Phi) is 6.66. The van der Waals surface area contributed by atoms with Crippen LogP contribution in [0.5, 0.6) is 0 Å². The van der Waals surface area contributed by atoms with E-state index in [1.165, 1.54) is 11.8 Å². The molecule has 88 valence electrons. The van der Waals surface area contributed by atoms with E-state index >= 15 is 0 Å². The second-order valence-corrected chi connectivity index (χ2v) is 3.47. The minimum atomic E-state index is -1.02. The van der Waals surface area contributed by atoms with E-state index in [1.54, 1.807) is 6.92 Å². The molecule has 0 radical (unpaired) electrons. The quantitative estimate of drug-likeness (QED) is 0.705. The maximum Gasteiger partial charge on any atom is 0.323 e. The van der Waals surface area contributed by atoms with E-state index in [-0.39, 0.29) is 18.9 Å². The molecule has 15 heavy (non-hydrogen) atoms. The zero-order valence-corrected chi connectivity index (χ0v) is 9.20. The summed E-state index contributed by atoms with van der Waals surface area (Å²) in [5, 5.41) is 8.52. The third kappa shape index (κ3) is 6.88. The van der Waals surface area contributed by atoms with Crippen molar-refractivity contribution in [1.29, 1.82) is 0 Å². The number of hydrogen-bond acceptors (Lipinski definition) is 2. The molecule has 0 heterocycles. The first-order valence-corrected chi connectivity index (χ1v) is 5.11. The van der Waals surface area contributed by atoms with Crippen molar-refractivity contribution in [2.75, 3.05) is 13.1 Å². The Hall–Kier alpha value is -1.13. The van der Waals surface area contributed by atoms with Gasteiger partial charge in [-0.15, -0.1) is 0 Å². The van der Waals surface area contributed by atoms with Gasteiger partial charge in [0.2, 0.25) is 5.91 Å². The van der Waals surface area contributed by atoms with Crippen LogP contribution >= 0.6 is 0 Å². The Morgan fingerprint density at radius 1 is 1.47 bits per heavy atom. The van der Waals surface area contributed by atoms with Crippen LogP contribution in [-0.2, 0) is 9.59 Å². The summed E-state index contributed by atoms with van der Waals surface area (Å²) in [5.74, 6) is -1.25. The normalized spacial score (nSPS) is 12.2. The average molecular weight is 219 g/mol. The number of nitrogens with zero attached hydrogens (tertiary/aromatic N) is 1. The highest BCUT2D eigenvalue weighted by Crippen LogP contribution is 2.05. The predicted octanol–water partition coefficient (Wildman–Crippen LogP) is 1.45. The van der Waals surface area contributed by atoms with Crippen molar-refractivity contribution in [3.8, 4) is 0 Å². The molecule has 5 heteroatoms. The minimum absolute atomic E-state index is 0.218. The van der Waals surface area contributed by atoms with Crippen LogP contribution in [0.25, 0.3) is 0 Å². The summed E-state index contributed by atoms with van der Waals surface area (Å²) in [4.78, 5) is 23.1. The fourth-order valence-electron chi connectivity index (χ4n) is 1.23. The minimum Gasteiger partial charge on any atom is -0.480 e. The molecular formula is C10H18FNO3. The molecular weight excluding hydrogens is 201 g/mol. The second kappa shape index (κ2) is 7.20. The van der Waals surface area contributed by atoms with Crippen LogP contribution < -0.4 is 0 Å². The molecule has 1 amide bonds. The van der Waals surface area contributed by atoms with Crippen LogP contribution in [0.2, 0.25) is 0 Å². The van der Waals surface area contributed by atoms with Gasteiger partial charge < -0.3 is 10.0 Å². The van der Waals surface area contributed by atoms with Gasteiger partial charge in [0.15, 0.2) is 0 Å². The molecule has 4 nitrogen and oxygen atoms in total. The molecule has 0 aliphatic rings. The van der Waals surface area contributed by atoms with Gasteiger partial charge in [-0.1, -0.05) is 0 Å². The maximum absolute atomic E-state index is 12.4. The first kappa shape index (κ1) is 13.9. The lowest BCUT2D eigenvalue weighted by molar-refractivity contribution is -0.144. The summed E-state index contributed by atoms with van der Waals surface area (Å²) in [7, 11) is 0. The predicted molar refractivity (Wildman–Crippen MR) is 54.3 cm³/mol.